The Morgan fingerprint density at radius 2 is 1.57 bits per heavy atom. The van der Waals surface area contributed by atoms with E-state index in [1.807, 2.05) is 44.2 Å². The number of rotatable bonds is 15. The summed E-state index contributed by atoms with van der Waals surface area (Å²) in [6.45, 7) is 2.89. The van der Waals surface area contributed by atoms with Crippen LogP contribution >= 0.6 is 23.2 Å². The molecular formula is C36H35Cl2N3O8. The smallest absolute Gasteiger partial charge is 0.341 e. The number of benzene rings is 3. The highest BCUT2D eigenvalue weighted by atomic mass is 35.5. The summed E-state index contributed by atoms with van der Waals surface area (Å²) in [6.07, 6.45) is 2.20. The van der Waals surface area contributed by atoms with Crippen molar-refractivity contribution in [3.8, 4) is 0 Å². The number of amides is 2. The number of ether oxygens (including phenoxy) is 1. The second-order valence-corrected chi connectivity index (χ2v) is 12.6. The first-order valence-electron chi connectivity index (χ1n) is 15.4. The van der Waals surface area contributed by atoms with Crippen LogP contribution in [-0.4, -0.2) is 64.6 Å². The first-order chi connectivity index (χ1) is 23.4. The number of aliphatic carboxylic acids is 1. The van der Waals surface area contributed by atoms with Crippen LogP contribution in [0.5, 0.6) is 0 Å². The number of carboxylic acid groups (broad SMARTS) is 1. The van der Waals surface area contributed by atoms with Crippen molar-refractivity contribution in [2.45, 2.75) is 50.8 Å². The molecule has 0 spiro atoms. The molecule has 0 aliphatic carbocycles. The van der Waals surface area contributed by atoms with E-state index >= 15 is 0 Å². The van der Waals surface area contributed by atoms with Crippen LogP contribution in [0.1, 0.15) is 48.2 Å². The summed E-state index contributed by atoms with van der Waals surface area (Å²) < 4.78 is 5.10. The molecule has 0 aromatic heterocycles. The predicted octanol–water partition coefficient (Wildman–Crippen LogP) is 5.29. The number of nitrogens with zero attached hydrogens (tertiary/aromatic N) is 1. The van der Waals surface area contributed by atoms with E-state index in [-0.39, 0.29) is 40.3 Å². The average molecular weight is 709 g/mol. The van der Waals surface area contributed by atoms with E-state index in [9.17, 15) is 29.1 Å². The zero-order valence-electron chi connectivity index (χ0n) is 26.7. The molecule has 1 aliphatic rings. The van der Waals surface area contributed by atoms with Crippen LogP contribution in [-0.2, 0) is 35.2 Å². The number of esters is 1. The van der Waals surface area contributed by atoms with Crippen LogP contribution in [0.15, 0.2) is 90.1 Å². The predicted molar refractivity (Wildman–Crippen MR) is 184 cm³/mol. The first kappa shape index (κ1) is 36.8. The monoisotopic (exact) mass is 707 g/mol. The molecule has 1 aliphatic heterocycles. The number of hydrogen-bond acceptors (Lipinski definition) is 8. The van der Waals surface area contributed by atoms with Gasteiger partial charge in [-0.05, 0) is 35.3 Å². The van der Waals surface area contributed by atoms with Crippen molar-refractivity contribution in [1.29, 1.82) is 0 Å². The molecule has 3 N–H and O–H groups in total. The fraction of sp³-hybridized carbons (Fsp3) is 0.278. The summed E-state index contributed by atoms with van der Waals surface area (Å²) in [5, 5.41) is 19.2. The van der Waals surface area contributed by atoms with Gasteiger partial charge in [-0.25, -0.2) is 4.79 Å². The van der Waals surface area contributed by atoms with Gasteiger partial charge < -0.3 is 25.3 Å². The number of halogens is 2. The topological polar surface area (TPSA) is 160 Å². The third-order valence-corrected chi connectivity index (χ3v) is 8.32. The van der Waals surface area contributed by atoms with Gasteiger partial charge in [0, 0.05) is 18.9 Å². The van der Waals surface area contributed by atoms with Gasteiger partial charge in [-0.15, -0.1) is 0 Å². The highest BCUT2D eigenvalue weighted by Gasteiger charge is 2.49. The number of oxime groups is 1. The van der Waals surface area contributed by atoms with Gasteiger partial charge in [0.25, 0.3) is 5.91 Å². The fourth-order valence-electron chi connectivity index (χ4n) is 5.18. The molecule has 0 fully saturated rings. The summed E-state index contributed by atoms with van der Waals surface area (Å²) in [5.74, 6) is -4.62. The number of carboxylic acids is 1. The molecular weight excluding hydrogens is 673 g/mol. The van der Waals surface area contributed by atoms with Crippen molar-refractivity contribution in [2.24, 2.45) is 11.1 Å². The molecule has 1 unspecified atom stereocenters. The second-order valence-electron chi connectivity index (χ2n) is 11.7. The molecule has 256 valence electrons. The van der Waals surface area contributed by atoms with Crippen molar-refractivity contribution in [1.82, 2.24) is 10.6 Å². The fourth-order valence-corrected chi connectivity index (χ4v) is 5.73. The summed E-state index contributed by atoms with van der Waals surface area (Å²) in [6, 6.07) is 20.4. The zero-order chi connectivity index (χ0) is 35.6. The lowest BCUT2D eigenvalue weighted by Crippen LogP contribution is -2.55. The number of hydrogen-bond donors (Lipinski definition) is 3. The first-order valence-corrected chi connectivity index (χ1v) is 16.1. The highest BCUT2D eigenvalue weighted by Crippen LogP contribution is 2.32. The minimum absolute atomic E-state index is 0.000450. The van der Waals surface area contributed by atoms with Gasteiger partial charge in [-0.3, -0.25) is 19.2 Å². The number of Topliss-reactive ketones (excluding diaryl/α,β-unsaturated/α-hetero) is 1. The Kier molecular flexibility index (Phi) is 12.7. The van der Waals surface area contributed by atoms with Crippen LogP contribution in [0.4, 0.5) is 0 Å². The summed E-state index contributed by atoms with van der Waals surface area (Å²) in [5.41, 5.74) is 0.0658. The lowest BCUT2D eigenvalue weighted by molar-refractivity contribution is -0.148. The van der Waals surface area contributed by atoms with Gasteiger partial charge in [0.05, 0.1) is 33.8 Å². The van der Waals surface area contributed by atoms with Crippen LogP contribution < -0.4 is 10.6 Å². The van der Waals surface area contributed by atoms with Gasteiger partial charge in [0.15, 0.2) is 12.4 Å². The third-order valence-electron chi connectivity index (χ3n) is 7.69. The van der Waals surface area contributed by atoms with E-state index in [0.717, 1.165) is 5.56 Å². The lowest BCUT2D eigenvalue weighted by Gasteiger charge is -2.29. The van der Waals surface area contributed by atoms with Crippen LogP contribution in [0.25, 0.3) is 6.08 Å². The zero-order valence-corrected chi connectivity index (χ0v) is 28.2. The summed E-state index contributed by atoms with van der Waals surface area (Å²) >= 11 is 12.1. The van der Waals surface area contributed by atoms with E-state index in [0.29, 0.717) is 11.3 Å². The molecule has 3 aromatic carbocycles. The molecule has 0 saturated carbocycles. The molecule has 3 aromatic rings. The molecule has 11 nitrogen and oxygen atoms in total. The van der Waals surface area contributed by atoms with Gasteiger partial charge >= 0.3 is 11.9 Å². The van der Waals surface area contributed by atoms with Crippen LogP contribution in [0.3, 0.4) is 0 Å². The van der Waals surface area contributed by atoms with Crippen molar-refractivity contribution >= 4 is 64.5 Å². The number of ketones is 1. The van der Waals surface area contributed by atoms with E-state index in [2.05, 4.69) is 15.8 Å². The van der Waals surface area contributed by atoms with Gasteiger partial charge in [0.2, 0.25) is 11.5 Å². The molecule has 0 saturated heterocycles. The molecule has 0 bridgehead atoms. The maximum Gasteiger partial charge on any atom is 0.341 e. The molecule has 2 amide bonds. The highest BCUT2D eigenvalue weighted by molar-refractivity contribution is 6.39. The number of carbonyl (C=O) groups is 5. The standard InChI is InChI=1S/C36H35Cl2N3O8/c1-22(2)33(40-30(43)17-16-23-10-5-3-6-11-23)28-20-36(49-41-28,19-24-12-7-4-8-13-24)35(47)39-27(18-31(44)45)29(42)21-48-34(46)32-25(37)14-9-15-26(32)38/h3-17,22,27,33H,18-21H2,1-2H3,(H,39,47)(H,40,43)(H,44,45)/t27-,33-,36?/m0/s1. The lowest BCUT2D eigenvalue weighted by atomic mass is 9.84. The Labute approximate surface area is 293 Å². The molecule has 3 atom stereocenters. The Bertz CT molecular complexity index is 1730. The van der Waals surface area contributed by atoms with Crippen molar-refractivity contribution < 1.29 is 38.7 Å². The Morgan fingerprint density at radius 1 is 0.939 bits per heavy atom. The summed E-state index contributed by atoms with van der Waals surface area (Å²) in [7, 11) is 0. The molecule has 49 heavy (non-hydrogen) atoms. The van der Waals surface area contributed by atoms with E-state index in [4.69, 9.17) is 32.8 Å². The van der Waals surface area contributed by atoms with E-state index in [1.54, 1.807) is 36.4 Å². The average Bonchev–Trinajstić information content (AvgIpc) is 3.50. The van der Waals surface area contributed by atoms with Crippen molar-refractivity contribution in [3.63, 3.8) is 0 Å². The van der Waals surface area contributed by atoms with Gasteiger partial charge in [-0.1, -0.05) is 109 Å². The molecule has 13 heteroatoms. The number of carbonyl (C=O) groups excluding carboxylic acids is 4. The molecule has 1 heterocycles. The Balaban J connectivity index is 1.52. The van der Waals surface area contributed by atoms with E-state index < -0.39 is 54.3 Å². The Morgan fingerprint density at radius 3 is 2.18 bits per heavy atom. The number of nitrogens with one attached hydrogen (secondary N) is 2. The minimum atomic E-state index is -1.70. The van der Waals surface area contributed by atoms with Crippen molar-refractivity contribution in [3.05, 3.63) is 112 Å². The maximum atomic E-state index is 14.0. The van der Waals surface area contributed by atoms with E-state index in [1.165, 1.54) is 24.3 Å². The van der Waals surface area contributed by atoms with Crippen LogP contribution in [0, 0.1) is 5.92 Å². The second kappa shape index (κ2) is 16.9. The van der Waals surface area contributed by atoms with Gasteiger partial charge in [0.1, 0.15) is 6.04 Å². The Hall–Kier alpha value is -5.00. The quantitative estimate of drug-likeness (QED) is 0.142. The minimum Gasteiger partial charge on any atom is -0.481 e. The molecule has 4 rings (SSSR count). The van der Waals surface area contributed by atoms with Crippen molar-refractivity contribution in [2.75, 3.05) is 6.61 Å². The summed E-state index contributed by atoms with van der Waals surface area (Å²) in [4.78, 5) is 70.4. The third kappa shape index (κ3) is 10.0. The maximum absolute atomic E-state index is 14.0. The largest absolute Gasteiger partial charge is 0.481 e. The normalized spacial score (nSPS) is 16.7. The SMILES string of the molecule is CC(C)[C@H](NC(=O)C=Cc1ccccc1)C1=NOC(Cc2ccccc2)(C(=O)N[C@@H](CC(=O)O)C(=O)COC(=O)c2c(Cl)cccc2Cl)C1. The van der Waals surface area contributed by atoms with Crippen LogP contribution in [0.2, 0.25) is 10.0 Å². The molecule has 0 radical (unpaired) electrons. The van der Waals surface area contributed by atoms with Gasteiger partial charge in [-0.2, -0.15) is 0 Å².